The van der Waals surface area contributed by atoms with Crippen molar-refractivity contribution in [3.8, 4) is 0 Å². The van der Waals surface area contributed by atoms with Crippen molar-refractivity contribution in [2.24, 2.45) is 17.8 Å². The van der Waals surface area contributed by atoms with Crippen LogP contribution >= 0.6 is 0 Å². The van der Waals surface area contributed by atoms with Crippen molar-refractivity contribution in [3.63, 3.8) is 0 Å². The van der Waals surface area contributed by atoms with Gasteiger partial charge in [0.2, 0.25) is 0 Å². The maximum absolute atomic E-state index is 9.42. The summed E-state index contributed by atoms with van der Waals surface area (Å²) in [5.74, 6) is 0.789. The second-order valence-electron chi connectivity index (χ2n) is 9.00. The highest BCUT2D eigenvalue weighted by atomic mass is 28.4. The summed E-state index contributed by atoms with van der Waals surface area (Å²) in [7, 11) is -0.214. The van der Waals surface area contributed by atoms with Crippen molar-refractivity contribution in [1.29, 1.82) is 0 Å². The van der Waals surface area contributed by atoms with Gasteiger partial charge in [-0.2, -0.15) is 0 Å². The average Bonchev–Trinajstić information content (AvgIpc) is 2.51. The van der Waals surface area contributed by atoms with Crippen LogP contribution in [0.3, 0.4) is 0 Å². The van der Waals surface area contributed by atoms with E-state index in [-0.39, 0.29) is 35.7 Å². The quantitative estimate of drug-likeness (QED) is 0.412. The Morgan fingerprint density at radius 3 is 2.08 bits per heavy atom. The van der Waals surface area contributed by atoms with Gasteiger partial charge in [0.05, 0.1) is 6.10 Å². The fourth-order valence-electron chi connectivity index (χ4n) is 2.62. The molecule has 0 aliphatic heterocycles. The molecule has 0 radical (unpaired) electrons. The molecule has 4 heteroatoms. The molecule has 0 heterocycles. The van der Waals surface area contributed by atoms with E-state index in [4.69, 9.17) is 9.16 Å². The third-order valence-electron chi connectivity index (χ3n) is 5.97. The van der Waals surface area contributed by atoms with Crippen LogP contribution in [-0.2, 0) is 9.16 Å². The van der Waals surface area contributed by atoms with Gasteiger partial charge in [-0.3, -0.25) is 0 Å². The van der Waals surface area contributed by atoms with E-state index in [1.54, 1.807) is 7.11 Å². The first-order valence-corrected chi connectivity index (χ1v) is 12.4. The van der Waals surface area contributed by atoms with Crippen molar-refractivity contribution in [1.82, 2.24) is 0 Å². The van der Waals surface area contributed by atoms with Crippen LogP contribution < -0.4 is 0 Å². The molecule has 0 bridgehead atoms. The van der Waals surface area contributed by atoms with E-state index in [0.29, 0.717) is 5.92 Å². The van der Waals surface area contributed by atoms with Crippen molar-refractivity contribution in [3.05, 3.63) is 24.3 Å². The molecule has 25 heavy (non-hydrogen) atoms. The Balaban J connectivity index is 5.59. The van der Waals surface area contributed by atoms with Gasteiger partial charge in [0.1, 0.15) is 6.10 Å². The van der Waals surface area contributed by atoms with Gasteiger partial charge in [0, 0.05) is 19.6 Å². The molecule has 148 valence electrons. The van der Waals surface area contributed by atoms with Crippen LogP contribution in [0.15, 0.2) is 24.3 Å². The normalized spacial score (nSPS) is 19.9. The molecule has 0 fully saturated rings. The summed E-state index contributed by atoms with van der Waals surface area (Å²) in [6.45, 7) is 24.0. The zero-order chi connectivity index (χ0) is 20.0. The molecule has 0 rings (SSSR count). The zero-order valence-electron chi connectivity index (χ0n) is 18.2. The van der Waals surface area contributed by atoms with Gasteiger partial charge in [0.25, 0.3) is 0 Å². The zero-order valence-corrected chi connectivity index (χ0v) is 19.2. The van der Waals surface area contributed by atoms with Gasteiger partial charge in [0.15, 0.2) is 8.32 Å². The minimum atomic E-state index is -1.93. The number of aliphatic hydroxyl groups is 1. The Morgan fingerprint density at radius 2 is 1.72 bits per heavy atom. The van der Waals surface area contributed by atoms with Crippen LogP contribution in [0.5, 0.6) is 0 Å². The molecule has 1 N–H and O–H groups in total. The monoisotopic (exact) mass is 370 g/mol. The second kappa shape index (κ2) is 10.1. The first kappa shape index (κ1) is 24.6. The lowest BCUT2D eigenvalue weighted by Crippen LogP contribution is -2.49. The van der Waals surface area contributed by atoms with Crippen molar-refractivity contribution in [2.45, 2.75) is 78.8 Å². The molecule has 3 nitrogen and oxygen atoms in total. The summed E-state index contributed by atoms with van der Waals surface area (Å²) in [6, 6.07) is 0. The van der Waals surface area contributed by atoms with E-state index >= 15 is 0 Å². The van der Waals surface area contributed by atoms with Gasteiger partial charge in [-0.1, -0.05) is 59.3 Å². The Hall–Kier alpha value is -0.423. The van der Waals surface area contributed by atoms with Gasteiger partial charge in [-0.25, -0.2) is 0 Å². The fourth-order valence-corrected chi connectivity index (χ4v) is 4.01. The lowest BCUT2D eigenvalue weighted by Gasteiger charge is -2.42. The van der Waals surface area contributed by atoms with Gasteiger partial charge < -0.3 is 14.3 Å². The summed E-state index contributed by atoms with van der Waals surface area (Å²) >= 11 is 0. The van der Waals surface area contributed by atoms with E-state index in [1.807, 2.05) is 6.08 Å². The number of methoxy groups -OCH3 is 1. The van der Waals surface area contributed by atoms with Crippen LogP contribution in [0, 0.1) is 17.8 Å². The molecule has 0 spiro atoms. The number of ether oxygens (including phenoxy) is 1. The largest absolute Gasteiger partial charge is 0.410 e. The van der Waals surface area contributed by atoms with E-state index in [2.05, 4.69) is 74.2 Å². The molecule has 0 aromatic carbocycles. The standard InChI is InChI=1S/C21H42O3Si/c1-12-19(23-9)20(24-25(10,11)21(6,7)8)16(3)13-15(2)18(5)17(4)14-22/h12-13,16-20,22H,1,14H2,2-11H3/b15-13-/t16-,17-,18?,19+,20+/m1/s1. The lowest BCUT2D eigenvalue weighted by atomic mass is 9.87. The lowest BCUT2D eigenvalue weighted by molar-refractivity contribution is 0.00586. The highest BCUT2D eigenvalue weighted by Gasteiger charge is 2.41. The summed E-state index contributed by atoms with van der Waals surface area (Å²) in [4.78, 5) is 0. The summed E-state index contributed by atoms with van der Waals surface area (Å²) < 4.78 is 12.4. The highest BCUT2D eigenvalue weighted by Crippen LogP contribution is 2.39. The first-order valence-electron chi connectivity index (χ1n) is 9.44. The predicted octanol–water partition coefficient (Wildman–Crippen LogP) is 5.42. The third-order valence-corrected chi connectivity index (χ3v) is 10.4. The molecule has 0 aromatic rings. The van der Waals surface area contributed by atoms with Crippen LogP contribution in [0.4, 0.5) is 0 Å². The maximum atomic E-state index is 9.42. The topological polar surface area (TPSA) is 38.7 Å². The third kappa shape index (κ3) is 7.01. The molecule has 1 unspecified atom stereocenters. The average molecular weight is 371 g/mol. The summed E-state index contributed by atoms with van der Waals surface area (Å²) in [5, 5.41) is 9.57. The molecule has 0 aliphatic rings. The predicted molar refractivity (Wildman–Crippen MR) is 111 cm³/mol. The minimum Gasteiger partial charge on any atom is -0.410 e. The van der Waals surface area contributed by atoms with Crippen LogP contribution in [0.2, 0.25) is 18.1 Å². The molecular formula is C21H42O3Si. The van der Waals surface area contributed by atoms with Crippen molar-refractivity contribution >= 4 is 8.32 Å². The molecular weight excluding hydrogens is 328 g/mol. The fraction of sp³-hybridized carbons (Fsp3) is 0.810. The number of hydrogen-bond donors (Lipinski definition) is 1. The number of allylic oxidation sites excluding steroid dienone is 1. The molecule has 0 amide bonds. The van der Waals surface area contributed by atoms with Crippen LogP contribution in [0.1, 0.15) is 48.5 Å². The molecule has 0 aromatic heterocycles. The van der Waals surface area contributed by atoms with Crippen molar-refractivity contribution in [2.75, 3.05) is 13.7 Å². The SMILES string of the molecule is C=C[C@H](OC)[C@@H](O[Si](C)(C)C(C)(C)C)[C@H](C)/C=C(/C)C(C)[C@H](C)CO. The first-order chi connectivity index (χ1) is 11.3. The van der Waals surface area contributed by atoms with Crippen LogP contribution in [0.25, 0.3) is 0 Å². The Kier molecular flexibility index (Phi) is 9.88. The van der Waals surface area contributed by atoms with Gasteiger partial charge in [-0.05, 0) is 36.9 Å². The molecule has 0 saturated heterocycles. The van der Waals surface area contributed by atoms with E-state index in [0.717, 1.165) is 0 Å². The molecule has 5 atom stereocenters. The Bertz CT molecular complexity index is 437. The molecule has 0 saturated carbocycles. The highest BCUT2D eigenvalue weighted by molar-refractivity contribution is 6.74. The van der Waals surface area contributed by atoms with Gasteiger partial charge in [-0.15, -0.1) is 6.58 Å². The smallest absolute Gasteiger partial charge is 0.192 e. The number of aliphatic hydroxyl groups excluding tert-OH is 1. The summed E-state index contributed by atoms with van der Waals surface area (Å²) in [5.41, 5.74) is 1.29. The summed E-state index contributed by atoms with van der Waals surface area (Å²) in [6.07, 6.45) is 3.93. The van der Waals surface area contributed by atoms with E-state index in [9.17, 15) is 5.11 Å². The number of hydrogen-bond acceptors (Lipinski definition) is 3. The molecule has 0 aliphatic carbocycles. The van der Waals surface area contributed by atoms with Crippen LogP contribution in [-0.4, -0.2) is 39.3 Å². The van der Waals surface area contributed by atoms with Gasteiger partial charge >= 0.3 is 0 Å². The van der Waals surface area contributed by atoms with Crippen molar-refractivity contribution < 1.29 is 14.3 Å². The Morgan fingerprint density at radius 1 is 1.20 bits per heavy atom. The maximum Gasteiger partial charge on any atom is 0.192 e. The van der Waals surface area contributed by atoms with E-state index in [1.165, 1.54) is 5.57 Å². The second-order valence-corrected chi connectivity index (χ2v) is 13.8. The number of rotatable bonds is 10. The minimum absolute atomic E-state index is 0.0602. The van der Waals surface area contributed by atoms with E-state index < -0.39 is 8.32 Å². The Labute approximate surface area is 157 Å².